The fourth-order valence-electron chi connectivity index (χ4n) is 2.99. The summed E-state index contributed by atoms with van der Waals surface area (Å²) in [6.07, 6.45) is 6.82. The molecule has 3 rings (SSSR count). The van der Waals surface area contributed by atoms with E-state index in [4.69, 9.17) is 4.74 Å². The molecule has 0 aliphatic carbocycles. The van der Waals surface area contributed by atoms with Gasteiger partial charge in [0.15, 0.2) is 0 Å². The summed E-state index contributed by atoms with van der Waals surface area (Å²) in [5.41, 5.74) is 1.11. The molecule has 1 atom stereocenters. The van der Waals surface area contributed by atoms with E-state index in [1.54, 1.807) is 6.33 Å². The van der Waals surface area contributed by atoms with E-state index < -0.39 is 0 Å². The van der Waals surface area contributed by atoms with Gasteiger partial charge in [-0.1, -0.05) is 6.42 Å². The molecule has 0 spiro atoms. The van der Waals surface area contributed by atoms with Gasteiger partial charge < -0.3 is 15.0 Å². The maximum atomic E-state index is 5.42. The molecule has 0 aromatic carbocycles. The van der Waals surface area contributed by atoms with Gasteiger partial charge >= 0.3 is 0 Å². The number of likely N-dealkylation sites (tertiary alicyclic amines) is 1. The Hall–Kier alpha value is -1.20. The number of hydrogen-bond acceptors (Lipinski definition) is 5. The Morgan fingerprint density at radius 2 is 2.15 bits per heavy atom. The van der Waals surface area contributed by atoms with Gasteiger partial charge in [0, 0.05) is 31.7 Å². The summed E-state index contributed by atoms with van der Waals surface area (Å²) in [4.78, 5) is 11.2. The van der Waals surface area contributed by atoms with Crippen molar-refractivity contribution in [1.82, 2.24) is 14.9 Å². The standard InChI is InChI=1S/C15H24N4O/c1-2-6-19(7-3-1)8-5-16-15-10-14(17-12-18-15)13-4-9-20-11-13/h10,12-13H,1-9,11H2,(H,16,17,18)/t13-/m0/s1. The summed E-state index contributed by atoms with van der Waals surface area (Å²) in [6, 6.07) is 2.08. The molecule has 5 nitrogen and oxygen atoms in total. The highest BCUT2D eigenvalue weighted by atomic mass is 16.5. The average molecular weight is 276 g/mol. The second-order valence-electron chi connectivity index (χ2n) is 5.72. The van der Waals surface area contributed by atoms with E-state index in [2.05, 4.69) is 26.3 Å². The minimum atomic E-state index is 0.445. The van der Waals surface area contributed by atoms with E-state index >= 15 is 0 Å². The molecular formula is C15H24N4O. The summed E-state index contributed by atoms with van der Waals surface area (Å²) in [6.45, 7) is 6.20. The largest absolute Gasteiger partial charge is 0.381 e. The van der Waals surface area contributed by atoms with Crippen molar-refractivity contribution in [3.8, 4) is 0 Å². The van der Waals surface area contributed by atoms with Crippen molar-refractivity contribution in [3.63, 3.8) is 0 Å². The highest BCUT2D eigenvalue weighted by molar-refractivity contribution is 5.36. The van der Waals surface area contributed by atoms with Crippen LogP contribution in [0.4, 0.5) is 5.82 Å². The second kappa shape index (κ2) is 6.99. The molecule has 2 saturated heterocycles. The van der Waals surface area contributed by atoms with Crippen LogP contribution in [0.2, 0.25) is 0 Å². The summed E-state index contributed by atoms with van der Waals surface area (Å²) in [5.74, 6) is 1.39. The third-order valence-corrected chi connectivity index (χ3v) is 4.22. The average Bonchev–Trinajstić information content (AvgIpc) is 3.03. The van der Waals surface area contributed by atoms with Gasteiger partial charge in [0.05, 0.1) is 12.3 Å². The molecule has 0 radical (unpaired) electrons. The Morgan fingerprint density at radius 3 is 2.95 bits per heavy atom. The van der Waals surface area contributed by atoms with Crippen LogP contribution in [0.1, 0.15) is 37.3 Å². The van der Waals surface area contributed by atoms with Crippen molar-refractivity contribution in [2.24, 2.45) is 0 Å². The molecule has 2 aliphatic heterocycles. The van der Waals surface area contributed by atoms with E-state index in [0.29, 0.717) is 5.92 Å². The lowest BCUT2D eigenvalue weighted by Crippen LogP contribution is -2.33. The van der Waals surface area contributed by atoms with E-state index in [0.717, 1.165) is 44.2 Å². The third kappa shape index (κ3) is 3.67. The topological polar surface area (TPSA) is 50.3 Å². The van der Waals surface area contributed by atoms with Gasteiger partial charge in [-0.3, -0.25) is 0 Å². The first-order valence-corrected chi connectivity index (χ1v) is 7.78. The quantitative estimate of drug-likeness (QED) is 0.890. The highest BCUT2D eigenvalue weighted by Crippen LogP contribution is 2.24. The van der Waals surface area contributed by atoms with Crippen molar-refractivity contribution in [1.29, 1.82) is 0 Å². The Balaban J connectivity index is 1.48. The zero-order chi connectivity index (χ0) is 13.6. The smallest absolute Gasteiger partial charge is 0.129 e. The Kier molecular flexibility index (Phi) is 4.82. The van der Waals surface area contributed by atoms with Crippen molar-refractivity contribution in [2.45, 2.75) is 31.6 Å². The van der Waals surface area contributed by atoms with Crippen LogP contribution in [0.3, 0.4) is 0 Å². The molecule has 0 amide bonds. The highest BCUT2D eigenvalue weighted by Gasteiger charge is 2.19. The summed E-state index contributed by atoms with van der Waals surface area (Å²) < 4.78 is 5.42. The minimum absolute atomic E-state index is 0.445. The van der Waals surface area contributed by atoms with Gasteiger partial charge in [0.2, 0.25) is 0 Å². The molecule has 1 N–H and O–H groups in total. The molecule has 1 aromatic rings. The lowest BCUT2D eigenvalue weighted by atomic mass is 10.1. The van der Waals surface area contributed by atoms with E-state index in [1.807, 2.05) is 0 Å². The Morgan fingerprint density at radius 1 is 1.25 bits per heavy atom. The van der Waals surface area contributed by atoms with Crippen LogP contribution in [0.5, 0.6) is 0 Å². The van der Waals surface area contributed by atoms with E-state index in [1.165, 1.54) is 32.4 Å². The van der Waals surface area contributed by atoms with Crippen molar-refractivity contribution in [2.75, 3.05) is 44.7 Å². The first-order chi connectivity index (χ1) is 9.92. The van der Waals surface area contributed by atoms with E-state index in [-0.39, 0.29) is 0 Å². The van der Waals surface area contributed by atoms with Crippen LogP contribution in [-0.4, -0.2) is 54.3 Å². The monoisotopic (exact) mass is 276 g/mol. The molecular weight excluding hydrogens is 252 g/mol. The van der Waals surface area contributed by atoms with Crippen LogP contribution in [-0.2, 0) is 4.74 Å². The predicted molar refractivity (Wildman–Crippen MR) is 79.0 cm³/mol. The van der Waals surface area contributed by atoms with Gasteiger partial charge in [-0.05, 0) is 32.4 Å². The number of ether oxygens (including phenoxy) is 1. The maximum Gasteiger partial charge on any atom is 0.129 e. The minimum Gasteiger partial charge on any atom is -0.381 e. The fraction of sp³-hybridized carbons (Fsp3) is 0.733. The van der Waals surface area contributed by atoms with Gasteiger partial charge in [-0.2, -0.15) is 0 Å². The predicted octanol–water partition coefficient (Wildman–Crippen LogP) is 1.88. The molecule has 0 saturated carbocycles. The van der Waals surface area contributed by atoms with Crippen LogP contribution in [0.15, 0.2) is 12.4 Å². The molecule has 0 unspecified atom stereocenters. The van der Waals surface area contributed by atoms with Crippen LogP contribution >= 0.6 is 0 Å². The van der Waals surface area contributed by atoms with Crippen LogP contribution < -0.4 is 5.32 Å². The van der Waals surface area contributed by atoms with Gasteiger partial charge in [-0.25, -0.2) is 9.97 Å². The molecule has 20 heavy (non-hydrogen) atoms. The van der Waals surface area contributed by atoms with Gasteiger partial charge in [-0.15, -0.1) is 0 Å². The number of nitrogens with one attached hydrogen (secondary N) is 1. The molecule has 2 aliphatic rings. The SMILES string of the molecule is c1nc(NCCN2CCCCC2)cc([C@H]2CCOC2)n1. The van der Waals surface area contributed by atoms with Crippen LogP contribution in [0, 0.1) is 0 Å². The van der Waals surface area contributed by atoms with Crippen molar-refractivity contribution < 1.29 is 4.74 Å². The fourth-order valence-corrected chi connectivity index (χ4v) is 2.99. The van der Waals surface area contributed by atoms with Gasteiger partial charge in [0.1, 0.15) is 12.1 Å². The summed E-state index contributed by atoms with van der Waals surface area (Å²) in [7, 11) is 0. The summed E-state index contributed by atoms with van der Waals surface area (Å²) >= 11 is 0. The molecule has 3 heterocycles. The maximum absolute atomic E-state index is 5.42. The lowest BCUT2D eigenvalue weighted by molar-refractivity contribution is 0.193. The first kappa shape index (κ1) is 13.8. The Labute approximate surface area is 120 Å². The van der Waals surface area contributed by atoms with Gasteiger partial charge in [0.25, 0.3) is 0 Å². The van der Waals surface area contributed by atoms with Crippen molar-refractivity contribution in [3.05, 3.63) is 18.1 Å². The molecule has 0 bridgehead atoms. The molecule has 1 aromatic heterocycles. The zero-order valence-electron chi connectivity index (χ0n) is 12.1. The number of hydrogen-bond donors (Lipinski definition) is 1. The normalized spacial score (nSPS) is 23.9. The second-order valence-corrected chi connectivity index (χ2v) is 5.72. The number of aromatic nitrogens is 2. The van der Waals surface area contributed by atoms with Crippen molar-refractivity contribution >= 4 is 5.82 Å². The lowest BCUT2D eigenvalue weighted by Gasteiger charge is -2.26. The molecule has 2 fully saturated rings. The number of nitrogens with zero attached hydrogens (tertiary/aromatic N) is 3. The summed E-state index contributed by atoms with van der Waals surface area (Å²) in [5, 5.41) is 3.42. The number of rotatable bonds is 5. The van der Waals surface area contributed by atoms with E-state index in [9.17, 15) is 0 Å². The number of piperidine rings is 1. The first-order valence-electron chi connectivity index (χ1n) is 7.78. The van der Waals surface area contributed by atoms with Crippen LogP contribution in [0.25, 0.3) is 0 Å². The number of anilines is 1. The Bertz CT molecular complexity index is 414. The third-order valence-electron chi connectivity index (χ3n) is 4.22. The molecule has 5 heteroatoms. The zero-order valence-corrected chi connectivity index (χ0v) is 12.1. The molecule has 110 valence electrons.